The standard InChI is InChI=1S/C21H21N3O2/c1-24(15-17-6-10-20(25)11-7-17)21(26)23-13-16-4-8-18(9-5-16)19-3-2-12-22-14-19/h2-12,14,25H,13,15H2,1H3,(H,23,26). The lowest BCUT2D eigenvalue weighted by Crippen LogP contribution is -2.36. The van der Waals surface area contributed by atoms with Gasteiger partial charge in [-0.05, 0) is 40.5 Å². The third-order valence-corrected chi connectivity index (χ3v) is 4.10. The largest absolute Gasteiger partial charge is 0.508 e. The van der Waals surface area contributed by atoms with Crippen LogP contribution in [0.3, 0.4) is 0 Å². The molecule has 5 nitrogen and oxygen atoms in total. The Bertz CT molecular complexity index is 847. The van der Waals surface area contributed by atoms with Crippen LogP contribution in [-0.4, -0.2) is 28.1 Å². The fraction of sp³-hybridized carbons (Fsp3) is 0.143. The van der Waals surface area contributed by atoms with Gasteiger partial charge in [0.2, 0.25) is 0 Å². The number of aromatic nitrogens is 1. The molecular formula is C21H21N3O2. The highest BCUT2D eigenvalue weighted by atomic mass is 16.3. The average molecular weight is 347 g/mol. The summed E-state index contributed by atoms with van der Waals surface area (Å²) in [5.74, 6) is 0.218. The first-order valence-corrected chi connectivity index (χ1v) is 8.38. The van der Waals surface area contributed by atoms with Crippen molar-refractivity contribution in [3.63, 3.8) is 0 Å². The van der Waals surface area contributed by atoms with E-state index in [1.807, 2.05) is 42.6 Å². The number of amides is 2. The molecule has 0 spiro atoms. The van der Waals surface area contributed by atoms with Crippen molar-refractivity contribution in [2.45, 2.75) is 13.1 Å². The van der Waals surface area contributed by atoms with Gasteiger partial charge in [0.05, 0.1) is 0 Å². The zero-order valence-electron chi connectivity index (χ0n) is 14.6. The minimum absolute atomic E-state index is 0.144. The maximum absolute atomic E-state index is 12.2. The molecule has 0 aliphatic heterocycles. The quantitative estimate of drug-likeness (QED) is 0.738. The van der Waals surface area contributed by atoms with Crippen molar-refractivity contribution in [1.82, 2.24) is 15.2 Å². The highest BCUT2D eigenvalue weighted by molar-refractivity contribution is 5.74. The van der Waals surface area contributed by atoms with Gasteiger partial charge in [0, 0.05) is 32.5 Å². The number of urea groups is 1. The maximum atomic E-state index is 12.2. The van der Waals surface area contributed by atoms with Gasteiger partial charge in [0.15, 0.2) is 0 Å². The fourth-order valence-electron chi connectivity index (χ4n) is 2.61. The van der Waals surface area contributed by atoms with Crippen LogP contribution in [0, 0.1) is 0 Å². The van der Waals surface area contributed by atoms with Crippen molar-refractivity contribution in [3.8, 4) is 16.9 Å². The average Bonchev–Trinajstić information content (AvgIpc) is 2.69. The van der Waals surface area contributed by atoms with Crippen LogP contribution in [0.15, 0.2) is 73.1 Å². The van der Waals surface area contributed by atoms with Crippen molar-refractivity contribution in [1.29, 1.82) is 0 Å². The van der Waals surface area contributed by atoms with Gasteiger partial charge < -0.3 is 15.3 Å². The fourth-order valence-corrected chi connectivity index (χ4v) is 2.61. The molecule has 0 fully saturated rings. The predicted molar refractivity (Wildman–Crippen MR) is 101 cm³/mol. The van der Waals surface area contributed by atoms with Crippen LogP contribution in [0.4, 0.5) is 4.79 Å². The van der Waals surface area contributed by atoms with Gasteiger partial charge >= 0.3 is 6.03 Å². The van der Waals surface area contributed by atoms with E-state index in [4.69, 9.17) is 0 Å². The zero-order valence-corrected chi connectivity index (χ0v) is 14.6. The SMILES string of the molecule is CN(Cc1ccc(O)cc1)C(=O)NCc1ccc(-c2cccnc2)cc1. The molecule has 0 saturated heterocycles. The summed E-state index contributed by atoms with van der Waals surface area (Å²) < 4.78 is 0. The van der Waals surface area contributed by atoms with Gasteiger partial charge in [-0.2, -0.15) is 0 Å². The van der Waals surface area contributed by atoms with E-state index in [0.29, 0.717) is 13.1 Å². The molecule has 0 aliphatic rings. The second kappa shape index (κ2) is 8.16. The number of rotatable bonds is 5. The highest BCUT2D eigenvalue weighted by Crippen LogP contribution is 2.18. The van der Waals surface area contributed by atoms with Gasteiger partial charge in [-0.3, -0.25) is 4.98 Å². The monoisotopic (exact) mass is 347 g/mol. The number of nitrogens with zero attached hydrogens (tertiary/aromatic N) is 2. The molecular weight excluding hydrogens is 326 g/mol. The molecule has 3 aromatic rings. The van der Waals surface area contributed by atoms with Gasteiger partial charge in [-0.25, -0.2) is 4.79 Å². The number of hydrogen-bond donors (Lipinski definition) is 2. The number of phenols is 1. The van der Waals surface area contributed by atoms with Crippen LogP contribution in [0.2, 0.25) is 0 Å². The van der Waals surface area contributed by atoms with E-state index in [2.05, 4.69) is 10.3 Å². The molecule has 0 unspecified atom stereocenters. The number of hydrogen-bond acceptors (Lipinski definition) is 3. The Morgan fingerprint density at radius 3 is 2.35 bits per heavy atom. The summed E-state index contributed by atoms with van der Waals surface area (Å²) in [5.41, 5.74) is 4.15. The number of aromatic hydroxyl groups is 1. The number of carbonyl (C=O) groups is 1. The smallest absolute Gasteiger partial charge is 0.317 e. The second-order valence-corrected chi connectivity index (χ2v) is 6.12. The Morgan fingerprint density at radius 2 is 1.69 bits per heavy atom. The molecule has 0 atom stereocenters. The second-order valence-electron chi connectivity index (χ2n) is 6.12. The summed E-state index contributed by atoms with van der Waals surface area (Å²) in [6, 6.07) is 18.7. The van der Waals surface area contributed by atoms with E-state index in [0.717, 1.165) is 22.3 Å². The molecule has 132 valence electrons. The molecule has 2 N–H and O–H groups in total. The first-order valence-electron chi connectivity index (χ1n) is 8.38. The summed E-state index contributed by atoms with van der Waals surface area (Å²) in [6.45, 7) is 0.943. The lowest BCUT2D eigenvalue weighted by Gasteiger charge is -2.18. The van der Waals surface area contributed by atoms with Gasteiger partial charge in [0.25, 0.3) is 0 Å². The van der Waals surface area contributed by atoms with E-state index < -0.39 is 0 Å². The van der Waals surface area contributed by atoms with Crippen molar-refractivity contribution >= 4 is 6.03 Å². The number of carbonyl (C=O) groups excluding carboxylic acids is 1. The van der Waals surface area contributed by atoms with E-state index in [-0.39, 0.29) is 11.8 Å². The molecule has 26 heavy (non-hydrogen) atoms. The molecule has 0 aliphatic carbocycles. The Kier molecular flexibility index (Phi) is 5.49. The topological polar surface area (TPSA) is 65.5 Å². The Morgan fingerprint density at radius 1 is 1.00 bits per heavy atom. The van der Waals surface area contributed by atoms with Crippen LogP contribution in [0.1, 0.15) is 11.1 Å². The molecule has 0 radical (unpaired) electrons. The van der Waals surface area contributed by atoms with Gasteiger partial charge in [-0.1, -0.05) is 42.5 Å². The van der Waals surface area contributed by atoms with Crippen LogP contribution < -0.4 is 5.32 Å². The van der Waals surface area contributed by atoms with Crippen molar-refractivity contribution in [2.75, 3.05) is 7.05 Å². The Balaban J connectivity index is 1.53. The lowest BCUT2D eigenvalue weighted by atomic mass is 10.1. The minimum Gasteiger partial charge on any atom is -0.508 e. The Labute approximate surface area is 152 Å². The van der Waals surface area contributed by atoms with Gasteiger partial charge in [0.1, 0.15) is 5.75 Å². The minimum atomic E-state index is -0.144. The van der Waals surface area contributed by atoms with Crippen LogP contribution in [0.5, 0.6) is 5.75 Å². The molecule has 2 amide bonds. The predicted octanol–water partition coefficient (Wildman–Crippen LogP) is 3.80. The van der Waals surface area contributed by atoms with E-state index in [1.54, 1.807) is 42.4 Å². The number of nitrogens with one attached hydrogen (secondary N) is 1. The molecule has 1 heterocycles. The molecule has 1 aromatic heterocycles. The molecule has 0 bridgehead atoms. The first-order chi connectivity index (χ1) is 12.6. The summed E-state index contributed by atoms with van der Waals surface area (Å²) in [6.07, 6.45) is 3.58. The van der Waals surface area contributed by atoms with Gasteiger partial charge in [-0.15, -0.1) is 0 Å². The van der Waals surface area contributed by atoms with Crippen LogP contribution in [0.25, 0.3) is 11.1 Å². The summed E-state index contributed by atoms with van der Waals surface area (Å²) in [5, 5.41) is 12.2. The third-order valence-electron chi connectivity index (χ3n) is 4.10. The maximum Gasteiger partial charge on any atom is 0.317 e. The Hall–Kier alpha value is -3.34. The highest BCUT2D eigenvalue weighted by Gasteiger charge is 2.09. The zero-order chi connectivity index (χ0) is 18.4. The van der Waals surface area contributed by atoms with E-state index in [9.17, 15) is 9.90 Å². The summed E-state index contributed by atoms with van der Waals surface area (Å²) >= 11 is 0. The third kappa shape index (κ3) is 4.60. The molecule has 3 rings (SSSR count). The first kappa shape index (κ1) is 17.5. The lowest BCUT2D eigenvalue weighted by molar-refractivity contribution is 0.206. The van der Waals surface area contributed by atoms with Crippen molar-refractivity contribution < 1.29 is 9.90 Å². The summed E-state index contributed by atoms with van der Waals surface area (Å²) in [7, 11) is 1.74. The molecule has 0 saturated carbocycles. The van der Waals surface area contributed by atoms with E-state index >= 15 is 0 Å². The van der Waals surface area contributed by atoms with Crippen molar-refractivity contribution in [2.24, 2.45) is 0 Å². The number of phenolic OH excluding ortho intramolecular Hbond substituents is 1. The number of benzene rings is 2. The molecule has 5 heteroatoms. The van der Waals surface area contributed by atoms with E-state index in [1.165, 1.54) is 0 Å². The van der Waals surface area contributed by atoms with Crippen LogP contribution >= 0.6 is 0 Å². The number of pyridine rings is 1. The van der Waals surface area contributed by atoms with Crippen LogP contribution in [-0.2, 0) is 13.1 Å². The molecule has 2 aromatic carbocycles. The summed E-state index contributed by atoms with van der Waals surface area (Å²) in [4.78, 5) is 18.0. The normalized spacial score (nSPS) is 10.3. The van der Waals surface area contributed by atoms with Crippen molar-refractivity contribution in [3.05, 3.63) is 84.2 Å².